The zero-order valence-electron chi connectivity index (χ0n) is 27.8. The lowest BCUT2D eigenvalue weighted by Crippen LogP contribution is -2.45. The lowest BCUT2D eigenvalue weighted by Gasteiger charge is -2.26. The van der Waals surface area contributed by atoms with E-state index in [4.69, 9.17) is 4.74 Å². The molecule has 0 heterocycles. The normalized spacial score (nSPS) is 12.1. The second-order valence-corrected chi connectivity index (χ2v) is 13.1. The van der Waals surface area contributed by atoms with Gasteiger partial charge in [-0.15, -0.1) is 0 Å². The summed E-state index contributed by atoms with van der Waals surface area (Å²) in [5.74, 6) is -0.135. The van der Waals surface area contributed by atoms with Crippen molar-refractivity contribution < 1.29 is 19.1 Å². The molecule has 0 spiro atoms. The third kappa shape index (κ3) is 12.7. The van der Waals surface area contributed by atoms with Gasteiger partial charge in [0.05, 0.1) is 0 Å². The van der Waals surface area contributed by atoms with Crippen LogP contribution in [0.1, 0.15) is 59.0 Å². The molecule has 0 aliphatic rings. The fraction of sp³-hybridized carbons (Fsp3) is 0.417. The molecule has 3 rings (SSSR count). The monoisotopic (exact) mass is 615 g/mol. The second-order valence-electron chi connectivity index (χ2n) is 13.1. The largest absolute Gasteiger partial charge is 0.492 e. The van der Waals surface area contributed by atoms with E-state index < -0.39 is 6.04 Å². The SMILES string of the molecule is CN(C)CCOc1ccc(C(=O)NCc2cccc(C(=O)N[C@@H](CC(C)(C)C)C(=O)Nc3ccc(CCN(C)C)cc3)c2)cc1. The predicted octanol–water partition coefficient (Wildman–Crippen LogP) is 4.83. The van der Waals surface area contributed by atoms with Gasteiger partial charge in [0.15, 0.2) is 0 Å². The molecule has 242 valence electrons. The van der Waals surface area contributed by atoms with Crippen molar-refractivity contribution >= 4 is 23.4 Å². The number of nitrogens with zero attached hydrogens (tertiary/aromatic N) is 2. The Morgan fingerprint density at radius 1 is 0.778 bits per heavy atom. The molecule has 0 aliphatic carbocycles. The van der Waals surface area contributed by atoms with Gasteiger partial charge in [0.25, 0.3) is 11.8 Å². The van der Waals surface area contributed by atoms with E-state index in [9.17, 15) is 14.4 Å². The number of likely N-dealkylation sites (N-methyl/N-ethyl adjacent to an activating group) is 2. The Hall–Kier alpha value is -4.21. The molecular weight excluding hydrogens is 566 g/mol. The van der Waals surface area contributed by atoms with E-state index in [2.05, 4.69) is 20.9 Å². The first-order valence-electron chi connectivity index (χ1n) is 15.4. The number of amides is 3. The Morgan fingerprint density at radius 3 is 2.07 bits per heavy atom. The van der Waals surface area contributed by atoms with Crippen LogP contribution in [0.4, 0.5) is 5.69 Å². The average Bonchev–Trinajstić information content (AvgIpc) is 2.98. The molecule has 0 fully saturated rings. The van der Waals surface area contributed by atoms with Gasteiger partial charge in [0.1, 0.15) is 18.4 Å². The summed E-state index contributed by atoms with van der Waals surface area (Å²) in [6.45, 7) is 8.67. The molecule has 3 N–H and O–H groups in total. The van der Waals surface area contributed by atoms with E-state index in [1.165, 1.54) is 5.56 Å². The third-order valence-corrected chi connectivity index (χ3v) is 7.07. The molecule has 0 aromatic heterocycles. The highest BCUT2D eigenvalue weighted by Gasteiger charge is 2.27. The van der Waals surface area contributed by atoms with E-state index in [1.807, 2.05) is 84.2 Å². The maximum absolute atomic E-state index is 13.3. The molecule has 3 amide bonds. The summed E-state index contributed by atoms with van der Waals surface area (Å²) < 4.78 is 5.70. The summed E-state index contributed by atoms with van der Waals surface area (Å²) in [5.41, 5.74) is 3.38. The van der Waals surface area contributed by atoms with Crippen LogP contribution in [0.2, 0.25) is 0 Å². The number of rotatable bonds is 15. The lowest BCUT2D eigenvalue weighted by atomic mass is 9.87. The second kappa shape index (κ2) is 16.7. The minimum Gasteiger partial charge on any atom is -0.492 e. The Labute approximate surface area is 268 Å². The first-order chi connectivity index (χ1) is 21.3. The van der Waals surface area contributed by atoms with Crippen LogP contribution in [0.25, 0.3) is 0 Å². The molecule has 0 radical (unpaired) electrons. The number of benzene rings is 3. The quantitative estimate of drug-likeness (QED) is 0.226. The minimum absolute atomic E-state index is 0.200. The molecule has 3 aromatic rings. The van der Waals surface area contributed by atoms with Gasteiger partial charge >= 0.3 is 0 Å². The molecule has 45 heavy (non-hydrogen) atoms. The standard InChI is InChI=1S/C36H49N5O4/c1-36(2,3)24-32(35(44)38-30-15-11-26(12-16-30)19-20-40(4)5)39-34(43)29-10-8-9-27(23-29)25-37-33(42)28-13-17-31(18-14-28)45-22-21-41(6)7/h8-18,23,32H,19-22,24-25H2,1-7H3,(H,37,42)(H,38,44)(H,39,43)/t32-/m0/s1. The summed E-state index contributed by atoms with van der Waals surface area (Å²) in [5, 5.41) is 8.82. The van der Waals surface area contributed by atoms with E-state index >= 15 is 0 Å². The Morgan fingerprint density at radius 2 is 1.44 bits per heavy atom. The maximum Gasteiger partial charge on any atom is 0.251 e. The Bertz CT molecular complexity index is 1400. The molecule has 0 saturated carbocycles. The van der Waals surface area contributed by atoms with E-state index in [0.717, 1.165) is 25.1 Å². The van der Waals surface area contributed by atoms with Gasteiger partial charge in [-0.05, 0) is 106 Å². The lowest BCUT2D eigenvalue weighted by molar-refractivity contribution is -0.118. The van der Waals surface area contributed by atoms with E-state index in [0.29, 0.717) is 35.6 Å². The number of carbonyl (C=O) groups excluding carboxylic acids is 3. The molecular formula is C36H49N5O4. The Balaban J connectivity index is 1.59. The van der Waals surface area contributed by atoms with Crippen molar-refractivity contribution in [2.45, 2.75) is 46.2 Å². The number of hydrogen-bond acceptors (Lipinski definition) is 6. The highest BCUT2D eigenvalue weighted by atomic mass is 16.5. The van der Waals surface area contributed by atoms with Crippen molar-refractivity contribution in [3.05, 3.63) is 95.1 Å². The number of hydrogen-bond donors (Lipinski definition) is 3. The fourth-order valence-corrected chi connectivity index (χ4v) is 4.56. The fourth-order valence-electron chi connectivity index (χ4n) is 4.56. The predicted molar refractivity (Wildman–Crippen MR) is 181 cm³/mol. The summed E-state index contributed by atoms with van der Waals surface area (Å²) in [7, 11) is 8.04. The average molecular weight is 616 g/mol. The molecule has 0 saturated heterocycles. The van der Waals surface area contributed by atoms with Crippen LogP contribution >= 0.6 is 0 Å². The molecule has 0 bridgehead atoms. The third-order valence-electron chi connectivity index (χ3n) is 7.07. The smallest absolute Gasteiger partial charge is 0.251 e. The summed E-state index contributed by atoms with van der Waals surface area (Å²) >= 11 is 0. The van der Waals surface area contributed by atoms with Crippen LogP contribution in [0.3, 0.4) is 0 Å². The van der Waals surface area contributed by atoms with Crippen molar-refractivity contribution in [2.24, 2.45) is 5.41 Å². The van der Waals surface area contributed by atoms with Crippen LogP contribution in [-0.2, 0) is 17.8 Å². The van der Waals surface area contributed by atoms with Crippen LogP contribution in [0, 0.1) is 5.41 Å². The summed E-state index contributed by atoms with van der Waals surface area (Å²) in [6.07, 6.45) is 1.38. The van der Waals surface area contributed by atoms with Crippen molar-refractivity contribution in [2.75, 3.05) is 53.2 Å². The van der Waals surface area contributed by atoms with Gasteiger partial charge in [0.2, 0.25) is 5.91 Å². The van der Waals surface area contributed by atoms with Gasteiger partial charge in [0, 0.05) is 36.4 Å². The van der Waals surface area contributed by atoms with Crippen LogP contribution < -0.4 is 20.7 Å². The van der Waals surface area contributed by atoms with Crippen molar-refractivity contribution in [3.63, 3.8) is 0 Å². The summed E-state index contributed by atoms with van der Waals surface area (Å²) in [4.78, 5) is 43.6. The minimum atomic E-state index is -0.732. The number of nitrogens with one attached hydrogen (secondary N) is 3. The van der Waals surface area contributed by atoms with Crippen LogP contribution in [0.5, 0.6) is 5.75 Å². The van der Waals surface area contributed by atoms with Gasteiger partial charge in [-0.25, -0.2) is 0 Å². The van der Waals surface area contributed by atoms with Crippen molar-refractivity contribution in [1.29, 1.82) is 0 Å². The maximum atomic E-state index is 13.3. The Kier molecular flexibility index (Phi) is 13.1. The van der Waals surface area contributed by atoms with E-state index in [1.54, 1.807) is 42.5 Å². The molecule has 9 nitrogen and oxygen atoms in total. The molecule has 9 heteroatoms. The number of ether oxygens (including phenoxy) is 1. The zero-order chi connectivity index (χ0) is 33.0. The number of carbonyl (C=O) groups is 3. The van der Waals surface area contributed by atoms with E-state index in [-0.39, 0.29) is 29.7 Å². The van der Waals surface area contributed by atoms with Gasteiger partial charge in [-0.2, -0.15) is 0 Å². The van der Waals surface area contributed by atoms with Crippen LogP contribution in [0.15, 0.2) is 72.8 Å². The highest BCUT2D eigenvalue weighted by molar-refractivity contribution is 6.01. The van der Waals surface area contributed by atoms with Crippen molar-refractivity contribution in [1.82, 2.24) is 20.4 Å². The molecule has 1 atom stereocenters. The highest BCUT2D eigenvalue weighted by Crippen LogP contribution is 2.22. The van der Waals surface area contributed by atoms with Gasteiger partial charge < -0.3 is 30.5 Å². The van der Waals surface area contributed by atoms with Gasteiger partial charge in [-0.1, -0.05) is 45.0 Å². The van der Waals surface area contributed by atoms with Crippen LogP contribution in [-0.4, -0.2) is 81.5 Å². The topological polar surface area (TPSA) is 103 Å². The molecule has 3 aromatic carbocycles. The first kappa shape index (κ1) is 35.3. The molecule has 0 aliphatic heterocycles. The van der Waals surface area contributed by atoms with Gasteiger partial charge in [-0.3, -0.25) is 14.4 Å². The zero-order valence-corrected chi connectivity index (χ0v) is 27.8. The first-order valence-corrected chi connectivity index (χ1v) is 15.4. The summed E-state index contributed by atoms with van der Waals surface area (Å²) in [6, 6.07) is 21.1. The molecule has 0 unspecified atom stereocenters. The van der Waals surface area contributed by atoms with Crippen molar-refractivity contribution in [3.8, 4) is 5.75 Å². The number of anilines is 1.